The second-order valence-corrected chi connectivity index (χ2v) is 3.82. The van der Waals surface area contributed by atoms with E-state index in [1.54, 1.807) is 12.1 Å². The van der Waals surface area contributed by atoms with Gasteiger partial charge in [-0.1, -0.05) is 6.07 Å². The van der Waals surface area contributed by atoms with Crippen molar-refractivity contribution in [1.29, 1.82) is 5.41 Å². The molecule has 19 heavy (non-hydrogen) atoms. The molecular formula is C11H10F3N5. The maximum Gasteiger partial charge on any atom is 0.435 e. The summed E-state index contributed by atoms with van der Waals surface area (Å²) in [4.78, 5) is 3.92. The number of alkyl halides is 3. The average Bonchev–Trinajstić information content (AvgIpc) is 2.77. The SMILES string of the molecule is N=C(N)c1ncccc1Cn1ccc(C(F)(F)F)n1. The third kappa shape index (κ3) is 2.90. The highest BCUT2D eigenvalue weighted by Gasteiger charge is 2.33. The lowest BCUT2D eigenvalue weighted by Crippen LogP contribution is -2.17. The van der Waals surface area contributed by atoms with Crippen molar-refractivity contribution in [3.63, 3.8) is 0 Å². The monoisotopic (exact) mass is 269 g/mol. The number of aromatic nitrogens is 3. The van der Waals surface area contributed by atoms with Gasteiger partial charge in [-0.3, -0.25) is 15.1 Å². The number of hydrogen-bond donors (Lipinski definition) is 2. The highest BCUT2D eigenvalue weighted by atomic mass is 19.4. The first-order valence-electron chi connectivity index (χ1n) is 5.27. The maximum atomic E-state index is 12.4. The minimum atomic E-state index is -4.47. The lowest BCUT2D eigenvalue weighted by molar-refractivity contribution is -0.141. The zero-order valence-corrected chi connectivity index (χ0v) is 9.65. The van der Waals surface area contributed by atoms with Crippen molar-refractivity contribution in [3.8, 4) is 0 Å². The Labute approximate surface area is 106 Å². The van der Waals surface area contributed by atoms with Crippen LogP contribution in [0.25, 0.3) is 0 Å². The Morgan fingerprint density at radius 3 is 2.68 bits per heavy atom. The zero-order chi connectivity index (χ0) is 14.0. The molecular weight excluding hydrogens is 259 g/mol. The molecule has 0 bridgehead atoms. The molecule has 0 fully saturated rings. The summed E-state index contributed by atoms with van der Waals surface area (Å²) in [6.45, 7) is 0.0683. The third-order valence-corrected chi connectivity index (χ3v) is 2.41. The maximum absolute atomic E-state index is 12.4. The van der Waals surface area contributed by atoms with Crippen LogP contribution in [0.5, 0.6) is 0 Å². The summed E-state index contributed by atoms with van der Waals surface area (Å²) in [5, 5.41) is 10.8. The fourth-order valence-corrected chi connectivity index (χ4v) is 1.58. The fraction of sp³-hybridized carbons (Fsp3) is 0.182. The van der Waals surface area contributed by atoms with Crippen LogP contribution in [0.1, 0.15) is 17.0 Å². The van der Waals surface area contributed by atoms with Crippen LogP contribution >= 0.6 is 0 Å². The lowest BCUT2D eigenvalue weighted by Gasteiger charge is -2.07. The molecule has 0 aliphatic carbocycles. The lowest BCUT2D eigenvalue weighted by atomic mass is 10.2. The van der Waals surface area contributed by atoms with Gasteiger partial charge in [0.25, 0.3) is 0 Å². The Kier molecular flexibility index (Phi) is 3.24. The highest BCUT2D eigenvalue weighted by molar-refractivity contribution is 5.94. The molecule has 0 saturated heterocycles. The number of nitrogen functional groups attached to an aromatic ring is 1. The van der Waals surface area contributed by atoms with E-state index in [-0.39, 0.29) is 18.1 Å². The van der Waals surface area contributed by atoms with Crippen LogP contribution in [0.4, 0.5) is 13.2 Å². The first-order chi connectivity index (χ1) is 8.88. The minimum Gasteiger partial charge on any atom is -0.382 e. The van der Waals surface area contributed by atoms with Crippen LogP contribution in [-0.4, -0.2) is 20.6 Å². The number of nitrogens with one attached hydrogen (secondary N) is 1. The van der Waals surface area contributed by atoms with Crippen LogP contribution in [0.2, 0.25) is 0 Å². The summed E-state index contributed by atoms with van der Waals surface area (Å²) in [5.41, 5.74) is 5.17. The summed E-state index contributed by atoms with van der Waals surface area (Å²) in [6.07, 6.45) is -1.78. The molecule has 0 radical (unpaired) electrons. The molecule has 0 unspecified atom stereocenters. The van der Waals surface area contributed by atoms with E-state index in [2.05, 4.69) is 10.1 Å². The molecule has 0 aliphatic rings. The van der Waals surface area contributed by atoms with E-state index in [4.69, 9.17) is 11.1 Å². The second kappa shape index (κ2) is 4.71. The number of amidine groups is 1. The van der Waals surface area contributed by atoms with Crippen LogP contribution in [0.3, 0.4) is 0 Å². The van der Waals surface area contributed by atoms with Gasteiger partial charge in [-0.15, -0.1) is 0 Å². The van der Waals surface area contributed by atoms with Crippen molar-refractivity contribution < 1.29 is 13.2 Å². The Morgan fingerprint density at radius 2 is 2.11 bits per heavy atom. The number of pyridine rings is 1. The highest BCUT2D eigenvalue weighted by Crippen LogP contribution is 2.27. The molecule has 2 aromatic rings. The van der Waals surface area contributed by atoms with Crippen molar-refractivity contribution in [2.75, 3.05) is 0 Å². The van der Waals surface area contributed by atoms with Gasteiger partial charge in [0.15, 0.2) is 5.69 Å². The Balaban J connectivity index is 2.27. The van der Waals surface area contributed by atoms with Gasteiger partial charge < -0.3 is 5.73 Å². The molecule has 0 aliphatic heterocycles. The summed E-state index contributed by atoms with van der Waals surface area (Å²) in [6, 6.07) is 4.15. The van der Waals surface area contributed by atoms with E-state index in [0.717, 1.165) is 10.7 Å². The Bertz CT molecular complexity index is 602. The largest absolute Gasteiger partial charge is 0.435 e. The first-order valence-corrected chi connectivity index (χ1v) is 5.27. The number of hydrogen-bond acceptors (Lipinski definition) is 3. The van der Waals surface area contributed by atoms with Gasteiger partial charge in [-0.05, 0) is 12.1 Å². The molecule has 0 amide bonds. The predicted octanol–water partition coefficient (Wildman–Crippen LogP) is 1.63. The number of rotatable bonds is 3. The van der Waals surface area contributed by atoms with E-state index in [1.807, 2.05) is 0 Å². The van der Waals surface area contributed by atoms with Crippen LogP contribution in [-0.2, 0) is 12.7 Å². The summed E-state index contributed by atoms with van der Waals surface area (Å²) < 4.78 is 38.3. The molecule has 8 heteroatoms. The van der Waals surface area contributed by atoms with Gasteiger partial charge in [-0.25, -0.2) is 0 Å². The topological polar surface area (TPSA) is 80.6 Å². The van der Waals surface area contributed by atoms with Crippen molar-refractivity contribution in [2.24, 2.45) is 5.73 Å². The molecule has 0 atom stereocenters. The van der Waals surface area contributed by atoms with Crippen molar-refractivity contribution in [3.05, 3.63) is 47.5 Å². The van der Waals surface area contributed by atoms with Crippen molar-refractivity contribution in [1.82, 2.24) is 14.8 Å². The molecule has 0 aromatic carbocycles. The molecule has 100 valence electrons. The molecule has 0 saturated carbocycles. The molecule has 5 nitrogen and oxygen atoms in total. The van der Waals surface area contributed by atoms with Crippen LogP contribution in [0.15, 0.2) is 30.6 Å². The van der Waals surface area contributed by atoms with Crippen LogP contribution in [0, 0.1) is 5.41 Å². The second-order valence-electron chi connectivity index (χ2n) is 3.82. The van der Waals surface area contributed by atoms with E-state index < -0.39 is 11.9 Å². The summed E-state index contributed by atoms with van der Waals surface area (Å²) in [7, 11) is 0. The van der Waals surface area contributed by atoms with Gasteiger partial charge in [0.2, 0.25) is 0 Å². The normalized spacial score (nSPS) is 11.5. The van der Waals surface area contributed by atoms with Crippen molar-refractivity contribution in [2.45, 2.75) is 12.7 Å². The average molecular weight is 269 g/mol. The van der Waals surface area contributed by atoms with E-state index in [1.165, 1.54) is 12.4 Å². The summed E-state index contributed by atoms with van der Waals surface area (Å²) in [5.74, 6) is -0.237. The summed E-state index contributed by atoms with van der Waals surface area (Å²) >= 11 is 0. The molecule has 0 spiro atoms. The van der Waals surface area contributed by atoms with E-state index >= 15 is 0 Å². The number of nitrogens with zero attached hydrogens (tertiary/aromatic N) is 3. The van der Waals surface area contributed by atoms with Crippen LogP contribution < -0.4 is 5.73 Å². The fourth-order valence-electron chi connectivity index (χ4n) is 1.58. The third-order valence-electron chi connectivity index (χ3n) is 2.41. The molecule has 2 rings (SSSR count). The van der Waals surface area contributed by atoms with Gasteiger partial charge in [0.1, 0.15) is 11.5 Å². The first kappa shape index (κ1) is 13.1. The Morgan fingerprint density at radius 1 is 1.37 bits per heavy atom. The number of halogens is 3. The van der Waals surface area contributed by atoms with Gasteiger partial charge in [0.05, 0.1) is 6.54 Å². The molecule has 2 heterocycles. The van der Waals surface area contributed by atoms with E-state index in [9.17, 15) is 13.2 Å². The smallest absolute Gasteiger partial charge is 0.382 e. The minimum absolute atomic E-state index is 0.0683. The standard InChI is InChI=1S/C11H10F3N5/c12-11(13,14)8-3-5-19(18-8)6-7-2-1-4-17-9(7)10(15)16/h1-5H,6H2,(H3,15,16). The molecule has 2 aromatic heterocycles. The van der Waals surface area contributed by atoms with Gasteiger partial charge in [-0.2, -0.15) is 18.3 Å². The van der Waals surface area contributed by atoms with Crippen molar-refractivity contribution >= 4 is 5.84 Å². The van der Waals surface area contributed by atoms with E-state index in [0.29, 0.717) is 5.56 Å². The predicted molar refractivity (Wildman–Crippen MR) is 61.6 cm³/mol. The quantitative estimate of drug-likeness (QED) is 0.656. The van der Waals surface area contributed by atoms with Gasteiger partial charge in [0, 0.05) is 18.0 Å². The molecule has 3 N–H and O–H groups in total. The Hall–Kier alpha value is -2.38. The number of nitrogens with two attached hydrogens (primary N) is 1. The van der Waals surface area contributed by atoms with Gasteiger partial charge >= 0.3 is 6.18 Å². The zero-order valence-electron chi connectivity index (χ0n) is 9.65.